The summed E-state index contributed by atoms with van der Waals surface area (Å²) in [6, 6.07) is 5.50. The first-order chi connectivity index (χ1) is 13.5. The van der Waals surface area contributed by atoms with E-state index in [1.165, 1.54) is 6.42 Å². The lowest BCUT2D eigenvalue weighted by Gasteiger charge is -2.31. The number of aromatic amines is 1. The predicted octanol–water partition coefficient (Wildman–Crippen LogP) is 4.53. The monoisotopic (exact) mass is 380 g/mol. The molecule has 28 heavy (non-hydrogen) atoms. The number of carbonyl (C=O) groups excluding carboxylic acids is 2. The Bertz CT molecular complexity index is 969. The van der Waals surface area contributed by atoms with Crippen molar-refractivity contribution in [3.8, 4) is 11.5 Å². The Kier molecular flexibility index (Phi) is 3.96. The van der Waals surface area contributed by atoms with E-state index < -0.39 is 5.79 Å². The zero-order valence-corrected chi connectivity index (χ0v) is 16.0. The van der Waals surface area contributed by atoms with E-state index in [2.05, 4.69) is 10.3 Å². The van der Waals surface area contributed by atoms with Crippen molar-refractivity contribution in [2.75, 3.05) is 5.32 Å². The Morgan fingerprint density at radius 2 is 1.86 bits per heavy atom. The molecule has 1 spiro atoms. The van der Waals surface area contributed by atoms with Crippen LogP contribution in [0, 0.1) is 6.92 Å². The molecule has 1 aromatic carbocycles. The van der Waals surface area contributed by atoms with Crippen molar-refractivity contribution in [1.29, 1.82) is 0 Å². The minimum absolute atomic E-state index is 0.120. The van der Waals surface area contributed by atoms with Crippen LogP contribution in [0.2, 0.25) is 0 Å². The van der Waals surface area contributed by atoms with Gasteiger partial charge in [-0.25, -0.2) is 0 Å². The Morgan fingerprint density at radius 1 is 1.07 bits per heavy atom. The summed E-state index contributed by atoms with van der Waals surface area (Å²) in [5.74, 6) is 0.758. The molecule has 1 aromatic heterocycles. The van der Waals surface area contributed by atoms with Gasteiger partial charge in [0.05, 0.1) is 0 Å². The number of ketones is 1. The maximum Gasteiger partial charge on any atom is 0.272 e. The number of carbonyl (C=O) groups is 2. The fraction of sp³-hybridized carbons (Fsp3) is 0.455. The second-order valence-electron chi connectivity index (χ2n) is 8.05. The summed E-state index contributed by atoms with van der Waals surface area (Å²) in [5, 5.41) is 2.93. The molecule has 0 saturated heterocycles. The van der Waals surface area contributed by atoms with Gasteiger partial charge in [-0.1, -0.05) is 6.42 Å². The fourth-order valence-corrected chi connectivity index (χ4v) is 4.66. The molecule has 3 aliphatic rings. The molecule has 2 N–H and O–H groups in total. The summed E-state index contributed by atoms with van der Waals surface area (Å²) >= 11 is 0. The van der Waals surface area contributed by atoms with Crippen LogP contribution in [0.1, 0.15) is 77.0 Å². The summed E-state index contributed by atoms with van der Waals surface area (Å²) in [6.07, 6.45) is 7.40. The van der Waals surface area contributed by atoms with Crippen LogP contribution in [0.3, 0.4) is 0 Å². The SMILES string of the molecule is Cc1c(C(=O)Nc2ccc3c(c2)OC2(CCCCC2)O3)[nH]c2c1C(=O)CCC2. The van der Waals surface area contributed by atoms with E-state index in [-0.39, 0.29) is 11.7 Å². The van der Waals surface area contributed by atoms with Gasteiger partial charge in [-0.05, 0) is 50.3 Å². The molecule has 5 rings (SSSR count). The van der Waals surface area contributed by atoms with Crippen LogP contribution in [0.15, 0.2) is 18.2 Å². The molecule has 0 unspecified atom stereocenters. The van der Waals surface area contributed by atoms with Crippen molar-refractivity contribution < 1.29 is 19.1 Å². The summed E-state index contributed by atoms with van der Waals surface area (Å²) in [4.78, 5) is 28.2. The summed E-state index contributed by atoms with van der Waals surface area (Å²) in [6.45, 7) is 1.83. The lowest BCUT2D eigenvalue weighted by Crippen LogP contribution is -2.40. The van der Waals surface area contributed by atoms with Crippen LogP contribution in [0.5, 0.6) is 11.5 Å². The number of fused-ring (bicyclic) bond motifs is 2. The van der Waals surface area contributed by atoms with Crippen LogP contribution in [-0.4, -0.2) is 22.5 Å². The standard InChI is InChI=1S/C22H24N2O4/c1-13-19-15(6-5-7-16(19)25)24-20(13)21(26)23-14-8-9-17-18(12-14)28-22(27-17)10-3-2-4-11-22/h8-9,12,24H,2-7,10-11H2,1H3,(H,23,26). The van der Waals surface area contributed by atoms with Crippen LogP contribution in [0.4, 0.5) is 5.69 Å². The van der Waals surface area contributed by atoms with Gasteiger partial charge in [-0.3, -0.25) is 9.59 Å². The van der Waals surface area contributed by atoms with Crippen LogP contribution >= 0.6 is 0 Å². The van der Waals surface area contributed by atoms with Gasteiger partial charge in [-0.15, -0.1) is 0 Å². The number of aromatic nitrogens is 1. The molecule has 0 atom stereocenters. The summed E-state index contributed by atoms with van der Waals surface area (Å²) < 4.78 is 12.2. The molecule has 2 heterocycles. The maximum absolute atomic E-state index is 12.8. The Labute approximate surface area is 163 Å². The van der Waals surface area contributed by atoms with E-state index in [0.717, 1.165) is 55.5 Å². The maximum atomic E-state index is 12.8. The predicted molar refractivity (Wildman–Crippen MR) is 104 cm³/mol. The second-order valence-corrected chi connectivity index (χ2v) is 8.05. The third kappa shape index (κ3) is 2.79. The highest BCUT2D eigenvalue weighted by molar-refractivity contribution is 6.08. The molecule has 0 radical (unpaired) electrons. The van der Waals surface area contributed by atoms with Gasteiger partial charge in [0.15, 0.2) is 17.3 Å². The van der Waals surface area contributed by atoms with E-state index in [9.17, 15) is 9.59 Å². The number of benzene rings is 1. The van der Waals surface area contributed by atoms with Crippen molar-refractivity contribution in [3.63, 3.8) is 0 Å². The molecular weight excluding hydrogens is 356 g/mol. The topological polar surface area (TPSA) is 80.4 Å². The van der Waals surface area contributed by atoms with Crippen LogP contribution in [0.25, 0.3) is 0 Å². The highest BCUT2D eigenvalue weighted by Crippen LogP contribution is 2.46. The van der Waals surface area contributed by atoms with Crippen LogP contribution < -0.4 is 14.8 Å². The number of Topliss-reactive ketones (excluding diaryl/α,β-unsaturated/α-hetero) is 1. The number of H-pyrrole nitrogens is 1. The third-order valence-electron chi connectivity index (χ3n) is 6.07. The van der Waals surface area contributed by atoms with Gasteiger partial charge in [0.2, 0.25) is 0 Å². The van der Waals surface area contributed by atoms with E-state index in [1.807, 2.05) is 25.1 Å². The Morgan fingerprint density at radius 3 is 2.64 bits per heavy atom. The average Bonchev–Trinajstić information content (AvgIpc) is 3.20. The normalized spacial score (nSPS) is 19.5. The molecule has 6 nitrogen and oxygen atoms in total. The largest absolute Gasteiger partial charge is 0.448 e. The van der Waals surface area contributed by atoms with Gasteiger partial charge >= 0.3 is 0 Å². The number of anilines is 1. The molecule has 2 aliphatic carbocycles. The summed E-state index contributed by atoms with van der Waals surface area (Å²) in [5.41, 5.74) is 3.42. The molecule has 146 valence electrons. The highest BCUT2D eigenvalue weighted by atomic mass is 16.7. The van der Waals surface area contributed by atoms with Crippen molar-refractivity contribution in [2.45, 2.75) is 64.1 Å². The molecule has 1 saturated carbocycles. The lowest BCUT2D eigenvalue weighted by atomic mass is 9.94. The van der Waals surface area contributed by atoms with Crippen molar-refractivity contribution >= 4 is 17.4 Å². The smallest absolute Gasteiger partial charge is 0.272 e. The van der Waals surface area contributed by atoms with E-state index in [4.69, 9.17) is 9.47 Å². The first-order valence-corrected chi connectivity index (χ1v) is 10.1. The average molecular weight is 380 g/mol. The van der Waals surface area contributed by atoms with Crippen LogP contribution in [-0.2, 0) is 6.42 Å². The minimum Gasteiger partial charge on any atom is -0.448 e. The fourth-order valence-electron chi connectivity index (χ4n) is 4.66. The first-order valence-electron chi connectivity index (χ1n) is 10.1. The molecule has 1 aliphatic heterocycles. The number of rotatable bonds is 2. The Balaban J connectivity index is 1.36. The number of ether oxygens (including phenoxy) is 2. The number of amides is 1. The van der Waals surface area contributed by atoms with Gasteiger partial charge < -0.3 is 19.8 Å². The second kappa shape index (κ2) is 6.40. The van der Waals surface area contributed by atoms with Crippen molar-refractivity contribution in [3.05, 3.63) is 40.7 Å². The lowest BCUT2D eigenvalue weighted by molar-refractivity contribution is -0.105. The number of hydrogen-bond donors (Lipinski definition) is 2. The quantitative estimate of drug-likeness (QED) is 0.802. The van der Waals surface area contributed by atoms with Gasteiger partial charge in [0.1, 0.15) is 5.69 Å². The zero-order chi connectivity index (χ0) is 19.3. The van der Waals surface area contributed by atoms with Crippen molar-refractivity contribution in [2.24, 2.45) is 0 Å². The first kappa shape index (κ1) is 17.3. The van der Waals surface area contributed by atoms with E-state index in [1.54, 1.807) is 0 Å². The van der Waals surface area contributed by atoms with E-state index >= 15 is 0 Å². The number of aryl methyl sites for hydroxylation is 1. The molecule has 0 bridgehead atoms. The highest BCUT2D eigenvalue weighted by Gasteiger charge is 2.42. The molecule has 1 fully saturated rings. The van der Waals surface area contributed by atoms with Gasteiger partial charge in [0.25, 0.3) is 11.7 Å². The van der Waals surface area contributed by atoms with Crippen molar-refractivity contribution in [1.82, 2.24) is 4.98 Å². The van der Waals surface area contributed by atoms with Gasteiger partial charge in [-0.2, -0.15) is 0 Å². The summed E-state index contributed by atoms with van der Waals surface area (Å²) in [7, 11) is 0. The number of hydrogen-bond acceptors (Lipinski definition) is 4. The number of nitrogens with one attached hydrogen (secondary N) is 2. The molecule has 1 amide bonds. The molecule has 6 heteroatoms. The third-order valence-corrected chi connectivity index (χ3v) is 6.07. The van der Waals surface area contributed by atoms with Gasteiger partial charge in [0, 0.05) is 42.3 Å². The molecular formula is C22H24N2O4. The minimum atomic E-state index is -0.529. The zero-order valence-electron chi connectivity index (χ0n) is 16.0. The van der Waals surface area contributed by atoms with E-state index in [0.29, 0.717) is 29.1 Å². The molecule has 2 aromatic rings. The Hall–Kier alpha value is -2.76.